The quantitative estimate of drug-likeness (QED) is 0.564. The number of para-hydroxylation sites is 1. The molecule has 1 heterocycles. The van der Waals surface area contributed by atoms with Gasteiger partial charge in [-0.2, -0.15) is 0 Å². The van der Waals surface area contributed by atoms with Crippen LogP contribution >= 0.6 is 0 Å². The van der Waals surface area contributed by atoms with Crippen LogP contribution in [0.4, 0.5) is 0 Å². The van der Waals surface area contributed by atoms with Crippen LogP contribution in [-0.2, 0) is 4.79 Å². The molecular formula is C28H33N3O5. The van der Waals surface area contributed by atoms with Crippen molar-refractivity contribution in [1.29, 1.82) is 0 Å². The van der Waals surface area contributed by atoms with Crippen LogP contribution in [0.25, 0.3) is 0 Å². The van der Waals surface area contributed by atoms with Crippen molar-refractivity contribution in [2.75, 3.05) is 20.7 Å². The standard InChI is InChI=1S/C28H33N3O5/c1-4-23(21-12-8-9-13-24(21)36-17-25(32)30(2)3)29-26(33)18-14-15-20-22(16-18)28(35)31(27(20)34)19-10-6-5-7-11-19/h8-9,12-16,19,23H,4-7,10-11,17H2,1-3H3,(H,29,33). The van der Waals surface area contributed by atoms with E-state index in [0.29, 0.717) is 23.3 Å². The van der Waals surface area contributed by atoms with Crippen LogP contribution in [0.15, 0.2) is 42.5 Å². The molecule has 4 amide bonds. The number of ether oxygens (including phenoxy) is 1. The molecule has 2 aromatic rings. The van der Waals surface area contributed by atoms with E-state index < -0.39 is 0 Å². The first-order valence-electron chi connectivity index (χ1n) is 12.6. The highest BCUT2D eigenvalue weighted by Gasteiger charge is 2.40. The third kappa shape index (κ3) is 5.12. The zero-order valence-electron chi connectivity index (χ0n) is 21.1. The molecule has 2 aliphatic rings. The van der Waals surface area contributed by atoms with Gasteiger partial charge in [0.05, 0.1) is 17.2 Å². The summed E-state index contributed by atoms with van der Waals surface area (Å²) >= 11 is 0. The van der Waals surface area contributed by atoms with Crippen molar-refractivity contribution in [2.45, 2.75) is 57.5 Å². The topological polar surface area (TPSA) is 96.0 Å². The lowest BCUT2D eigenvalue weighted by atomic mass is 9.94. The van der Waals surface area contributed by atoms with E-state index in [1.165, 1.54) is 15.9 Å². The zero-order chi connectivity index (χ0) is 25.8. The normalized spacial score (nSPS) is 16.5. The molecule has 0 bridgehead atoms. The van der Waals surface area contributed by atoms with E-state index in [-0.39, 0.29) is 47.9 Å². The van der Waals surface area contributed by atoms with Crippen LogP contribution in [-0.4, -0.2) is 60.2 Å². The van der Waals surface area contributed by atoms with Crippen molar-refractivity contribution in [3.8, 4) is 5.75 Å². The van der Waals surface area contributed by atoms with Gasteiger partial charge in [0, 0.05) is 31.3 Å². The van der Waals surface area contributed by atoms with Crippen molar-refractivity contribution < 1.29 is 23.9 Å². The lowest BCUT2D eigenvalue weighted by molar-refractivity contribution is -0.130. The minimum absolute atomic E-state index is 0.0659. The predicted octanol–water partition coefficient (Wildman–Crippen LogP) is 3.96. The van der Waals surface area contributed by atoms with Gasteiger partial charge in [0.1, 0.15) is 5.75 Å². The summed E-state index contributed by atoms with van der Waals surface area (Å²) in [6.45, 7) is 1.84. The van der Waals surface area contributed by atoms with E-state index in [9.17, 15) is 19.2 Å². The van der Waals surface area contributed by atoms with Gasteiger partial charge < -0.3 is 15.0 Å². The smallest absolute Gasteiger partial charge is 0.261 e. The van der Waals surface area contributed by atoms with Crippen LogP contribution < -0.4 is 10.1 Å². The molecule has 1 fully saturated rings. The molecule has 1 atom stereocenters. The molecule has 0 aromatic heterocycles. The second-order valence-electron chi connectivity index (χ2n) is 9.58. The van der Waals surface area contributed by atoms with Crippen molar-refractivity contribution in [3.05, 3.63) is 64.7 Å². The summed E-state index contributed by atoms with van der Waals surface area (Å²) in [5.41, 5.74) is 1.73. The number of nitrogens with one attached hydrogen (secondary N) is 1. The van der Waals surface area contributed by atoms with Gasteiger partial charge in [0.15, 0.2) is 6.61 Å². The van der Waals surface area contributed by atoms with Gasteiger partial charge in [-0.05, 0) is 43.5 Å². The fourth-order valence-corrected chi connectivity index (χ4v) is 4.88. The minimum Gasteiger partial charge on any atom is -0.483 e. The van der Waals surface area contributed by atoms with Crippen molar-refractivity contribution in [2.24, 2.45) is 0 Å². The molecule has 1 saturated carbocycles. The molecule has 1 aliphatic carbocycles. The average Bonchev–Trinajstić information content (AvgIpc) is 3.15. The number of amides is 4. The van der Waals surface area contributed by atoms with E-state index in [2.05, 4.69) is 5.32 Å². The number of fused-ring (bicyclic) bond motifs is 1. The Morgan fingerprint density at radius 2 is 1.72 bits per heavy atom. The largest absolute Gasteiger partial charge is 0.483 e. The first kappa shape index (κ1) is 25.4. The average molecular weight is 492 g/mol. The number of hydrogen-bond donors (Lipinski definition) is 1. The summed E-state index contributed by atoms with van der Waals surface area (Å²) in [5.74, 6) is -0.564. The maximum Gasteiger partial charge on any atom is 0.261 e. The van der Waals surface area contributed by atoms with Crippen LogP contribution in [0.3, 0.4) is 0 Å². The molecule has 0 spiro atoms. The van der Waals surface area contributed by atoms with Gasteiger partial charge in [-0.15, -0.1) is 0 Å². The first-order chi connectivity index (χ1) is 17.3. The lowest BCUT2D eigenvalue weighted by Crippen LogP contribution is -2.40. The fourth-order valence-electron chi connectivity index (χ4n) is 4.88. The highest BCUT2D eigenvalue weighted by molar-refractivity contribution is 6.22. The third-order valence-corrected chi connectivity index (χ3v) is 6.98. The Labute approximate surface area is 211 Å². The van der Waals surface area contributed by atoms with Gasteiger partial charge in [0.25, 0.3) is 23.6 Å². The second kappa shape index (κ2) is 10.9. The Morgan fingerprint density at radius 3 is 2.42 bits per heavy atom. The summed E-state index contributed by atoms with van der Waals surface area (Å²) in [4.78, 5) is 54.1. The Bertz CT molecular complexity index is 1170. The molecule has 8 heteroatoms. The Morgan fingerprint density at radius 1 is 1.03 bits per heavy atom. The number of carbonyl (C=O) groups is 4. The number of benzene rings is 2. The molecule has 0 saturated heterocycles. The second-order valence-corrected chi connectivity index (χ2v) is 9.58. The molecule has 1 aliphatic heterocycles. The monoisotopic (exact) mass is 491 g/mol. The van der Waals surface area contributed by atoms with E-state index in [0.717, 1.165) is 37.7 Å². The molecule has 1 N–H and O–H groups in total. The first-order valence-corrected chi connectivity index (χ1v) is 12.6. The van der Waals surface area contributed by atoms with Gasteiger partial charge in [-0.1, -0.05) is 44.4 Å². The zero-order valence-corrected chi connectivity index (χ0v) is 21.1. The number of likely N-dealkylation sites (N-methyl/N-ethyl adjacent to an activating group) is 1. The summed E-state index contributed by atoms with van der Waals surface area (Å²) in [5, 5.41) is 3.02. The van der Waals surface area contributed by atoms with Crippen molar-refractivity contribution >= 4 is 23.6 Å². The maximum atomic E-state index is 13.2. The van der Waals surface area contributed by atoms with Crippen LogP contribution in [0.1, 0.15) is 88.1 Å². The highest BCUT2D eigenvalue weighted by Crippen LogP contribution is 2.32. The number of carbonyl (C=O) groups excluding carboxylic acids is 4. The van der Waals surface area contributed by atoms with E-state index >= 15 is 0 Å². The molecular weight excluding hydrogens is 458 g/mol. The number of hydrogen-bond acceptors (Lipinski definition) is 5. The van der Waals surface area contributed by atoms with E-state index in [1.807, 2.05) is 25.1 Å². The van der Waals surface area contributed by atoms with Crippen molar-refractivity contribution in [1.82, 2.24) is 15.1 Å². The van der Waals surface area contributed by atoms with Gasteiger partial charge >= 0.3 is 0 Å². The fraction of sp³-hybridized carbons (Fsp3) is 0.429. The summed E-state index contributed by atoms with van der Waals surface area (Å²) in [6.07, 6.45) is 5.41. The summed E-state index contributed by atoms with van der Waals surface area (Å²) in [7, 11) is 3.33. The molecule has 36 heavy (non-hydrogen) atoms. The molecule has 0 radical (unpaired) electrons. The van der Waals surface area contributed by atoms with Crippen molar-refractivity contribution in [3.63, 3.8) is 0 Å². The Balaban J connectivity index is 1.51. The predicted molar refractivity (Wildman–Crippen MR) is 135 cm³/mol. The highest BCUT2D eigenvalue weighted by atomic mass is 16.5. The van der Waals surface area contributed by atoms with E-state index in [4.69, 9.17) is 4.74 Å². The van der Waals surface area contributed by atoms with Crippen LogP contribution in [0, 0.1) is 0 Å². The minimum atomic E-state index is -0.368. The number of nitrogens with zero attached hydrogens (tertiary/aromatic N) is 2. The lowest BCUT2D eigenvalue weighted by Gasteiger charge is -2.29. The third-order valence-electron chi connectivity index (χ3n) is 6.98. The van der Waals surface area contributed by atoms with Crippen LogP contribution in [0.2, 0.25) is 0 Å². The Kier molecular flexibility index (Phi) is 7.72. The SMILES string of the molecule is CCC(NC(=O)c1ccc2c(c1)C(=O)N(C1CCCCC1)C2=O)c1ccccc1OCC(=O)N(C)C. The van der Waals surface area contributed by atoms with Gasteiger partial charge in [-0.3, -0.25) is 24.1 Å². The molecule has 1 unspecified atom stereocenters. The van der Waals surface area contributed by atoms with E-state index in [1.54, 1.807) is 32.3 Å². The number of rotatable bonds is 8. The van der Waals surface area contributed by atoms with Crippen LogP contribution in [0.5, 0.6) is 5.75 Å². The molecule has 2 aromatic carbocycles. The Hall–Kier alpha value is -3.68. The summed E-state index contributed by atoms with van der Waals surface area (Å²) in [6, 6.07) is 11.6. The molecule has 4 rings (SSSR count). The maximum absolute atomic E-state index is 13.2. The molecule has 8 nitrogen and oxygen atoms in total. The van der Waals surface area contributed by atoms with Gasteiger partial charge in [0.2, 0.25) is 0 Å². The van der Waals surface area contributed by atoms with Gasteiger partial charge in [-0.25, -0.2) is 0 Å². The number of imide groups is 1. The summed E-state index contributed by atoms with van der Waals surface area (Å²) < 4.78 is 5.76. The molecule has 190 valence electrons.